The standard InChI is InChI=1S/C14H13F3N4O4/c15-14(16,17)9-25-12-3-1-2-10(6-12)13(22)18-4-5-20-8-11(7-19-20)21(23)24/h1-3,6-8H,4-5,9H2,(H,18,22). The molecule has 11 heteroatoms. The average molecular weight is 358 g/mol. The van der Waals surface area contributed by atoms with Crippen LogP contribution in [-0.4, -0.2) is 39.9 Å². The lowest BCUT2D eigenvalue weighted by Gasteiger charge is -2.10. The topological polar surface area (TPSA) is 99.3 Å². The van der Waals surface area contributed by atoms with Crippen LogP contribution in [0.1, 0.15) is 10.4 Å². The molecule has 0 fully saturated rings. The number of carbonyl (C=O) groups is 1. The smallest absolute Gasteiger partial charge is 0.422 e. The summed E-state index contributed by atoms with van der Waals surface area (Å²) in [7, 11) is 0. The van der Waals surface area contributed by atoms with Gasteiger partial charge in [-0.15, -0.1) is 0 Å². The van der Waals surface area contributed by atoms with E-state index in [4.69, 9.17) is 0 Å². The van der Waals surface area contributed by atoms with Crippen LogP contribution in [0.5, 0.6) is 5.75 Å². The van der Waals surface area contributed by atoms with Crippen molar-refractivity contribution in [2.45, 2.75) is 12.7 Å². The van der Waals surface area contributed by atoms with Gasteiger partial charge in [-0.1, -0.05) is 6.07 Å². The lowest BCUT2D eigenvalue weighted by atomic mass is 10.2. The molecule has 0 radical (unpaired) electrons. The van der Waals surface area contributed by atoms with Crippen molar-refractivity contribution in [1.82, 2.24) is 15.1 Å². The fraction of sp³-hybridized carbons (Fsp3) is 0.286. The highest BCUT2D eigenvalue weighted by molar-refractivity contribution is 5.94. The number of aromatic nitrogens is 2. The Morgan fingerprint density at radius 3 is 2.80 bits per heavy atom. The molecular formula is C14H13F3N4O4. The van der Waals surface area contributed by atoms with E-state index < -0.39 is 23.6 Å². The number of alkyl halides is 3. The van der Waals surface area contributed by atoms with Crippen molar-refractivity contribution in [1.29, 1.82) is 0 Å². The SMILES string of the molecule is O=C(NCCn1cc([N+](=O)[O-])cn1)c1cccc(OCC(F)(F)F)c1. The second-order valence-corrected chi connectivity index (χ2v) is 4.91. The summed E-state index contributed by atoms with van der Waals surface area (Å²) >= 11 is 0. The number of nitrogens with zero attached hydrogens (tertiary/aromatic N) is 3. The zero-order valence-electron chi connectivity index (χ0n) is 12.7. The maximum absolute atomic E-state index is 12.1. The monoisotopic (exact) mass is 358 g/mol. The van der Waals surface area contributed by atoms with Gasteiger partial charge < -0.3 is 10.1 Å². The van der Waals surface area contributed by atoms with Crippen molar-refractivity contribution in [3.8, 4) is 5.75 Å². The van der Waals surface area contributed by atoms with E-state index in [1.165, 1.54) is 35.1 Å². The number of amides is 1. The first kappa shape index (κ1) is 18.2. The Kier molecular flexibility index (Phi) is 5.57. The Labute approximate surface area is 139 Å². The Morgan fingerprint density at radius 1 is 1.40 bits per heavy atom. The van der Waals surface area contributed by atoms with Crippen LogP contribution in [0.15, 0.2) is 36.7 Å². The average Bonchev–Trinajstić information content (AvgIpc) is 3.02. The number of halogens is 3. The van der Waals surface area contributed by atoms with Crippen LogP contribution >= 0.6 is 0 Å². The Morgan fingerprint density at radius 2 is 2.16 bits per heavy atom. The van der Waals surface area contributed by atoms with Crippen LogP contribution in [0.3, 0.4) is 0 Å². The fourth-order valence-corrected chi connectivity index (χ4v) is 1.85. The second-order valence-electron chi connectivity index (χ2n) is 4.91. The van der Waals surface area contributed by atoms with Gasteiger partial charge in [0.1, 0.15) is 18.1 Å². The van der Waals surface area contributed by atoms with Gasteiger partial charge in [-0.2, -0.15) is 18.3 Å². The van der Waals surface area contributed by atoms with Crippen LogP contribution in [0.4, 0.5) is 18.9 Å². The predicted octanol–water partition coefficient (Wildman–Crippen LogP) is 2.16. The Hall–Kier alpha value is -3.11. The van der Waals surface area contributed by atoms with Crippen LogP contribution < -0.4 is 10.1 Å². The first-order valence-electron chi connectivity index (χ1n) is 6.99. The van der Waals surface area contributed by atoms with Gasteiger partial charge in [-0.05, 0) is 18.2 Å². The molecule has 0 aliphatic carbocycles. The van der Waals surface area contributed by atoms with E-state index in [0.717, 1.165) is 6.20 Å². The summed E-state index contributed by atoms with van der Waals surface area (Å²) in [6.07, 6.45) is -2.16. The molecule has 0 aliphatic rings. The van der Waals surface area contributed by atoms with E-state index in [1.807, 2.05) is 0 Å². The highest BCUT2D eigenvalue weighted by atomic mass is 19.4. The van der Waals surface area contributed by atoms with Crippen LogP contribution in [0.25, 0.3) is 0 Å². The number of ether oxygens (including phenoxy) is 1. The van der Waals surface area contributed by atoms with Gasteiger partial charge in [-0.3, -0.25) is 19.6 Å². The van der Waals surface area contributed by atoms with Gasteiger partial charge in [-0.25, -0.2) is 0 Å². The van der Waals surface area contributed by atoms with Gasteiger partial charge in [0.05, 0.1) is 11.5 Å². The van der Waals surface area contributed by atoms with E-state index in [0.29, 0.717) is 0 Å². The summed E-state index contributed by atoms with van der Waals surface area (Å²) in [6, 6.07) is 5.33. The van der Waals surface area contributed by atoms with Gasteiger partial charge in [0.25, 0.3) is 5.91 Å². The molecule has 0 unspecified atom stereocenters. The predicted molar refractivity (Wildman–Crippen MR) is 79.2 cm³/mol. The molecule has 1 amide bonds. The fourth-order valence-electron chi connectivity index (χ4n) is 1.85. The molecule has 1 aromatic carbocycles. The summed E-state index contributed by atoms with van der Waals surface area (Å²) in [5.41, 5.74) is -0.0352. The van der Waals surface area contributed by atoms with E-state index in [2.05, 4.69) is 15.2 Å². The molecule has 0 saturated carbocycles. The van der Waals surface area contributed by atoms with Gasteiger partial charge >= 0.3 is 11.9 Å². The third-order valence-electron chi connectivity index (χ3n) is 2.96. The number of nitrogens with one attached hydrogen (secondary N) is 1. The normalized spacial score (nSPS) is 11.2. The molecule has 2 rings (SSSR count). The van der Waals surface area contributed by atoms with Crippen LogP contribution in [0.2, 0.25) is 0 Å². The molecule has 25 heavy (non-hydrogen) atoms. The maximum Gasteiger partial charge on any atom is 0.422 e. The number of rotatable bonds is 7. The third kappa shape index (κ3) is 5.79. The van der Waals surface area contributed by atoms with Gasteiger partial charge in [0.2, 0.25) is 0 Å². The quantitative estimate of drug-likeness (QED) is 0.604. The molecule has 0 bridgehead atoms. The zero-order chi connectivity index (χ0) is 18.4. The Bertz CT molecular complexity index is 761. The van der Waals surface area contributed by atoms with Crippen molar-refractivity contribution in [3.63, 3.8) is 0 Å². The van der Waals surface area contributed by atoms with Gasteiger partial charge in [0, 0.05) is 12.1 Å². The summed E-state index contributed by atoms with van der Waals surface area (Å²) in [6.45, 7) is -1.12. The van der Waals surface area contributed by atoms with Crippen molar-refractivity contribution in [2.75, 3.05) is 13.2 Å². The minimum absolute atomic E-state index is 0.0762. The molecular weight excluding hydrogens is 345 g/mol. The molecule has 2 aromatic rings. The van der Waals surface area contributed by atoms with E-state index in [-0.39, 0.29) is 30.1 Å². The molecule has 1 heterocycles. The minimum Gasteiger partial charge on any atom is -0.484 e. The Balaban J connectivity index is 1.86. The van der Waals surface area contributed by atoms with E-state index >= 15 is 0 Å². The van der Waals surface area contributed by atoms with Crippen molar-refractivity contribution in [2.24, 2.45) is 0 Å². The zero-order valence-corrected chi connectivity index (χ0v) is 12.7. The van der Waals surface area contributed by atoms with Crippen molar-refractivity contribution < 1.29 is 27.6 Å². The number of carbonyl (C=O) groups excluding carboxylic acids is 1. The molecule has 0 saturated heterocycles. The van der Waals surface area contributed by atoms with Crippen molar-refractivity contribution in [3.05, 3.63) is 52.3 Å². The summed E-state index contributed by atoms with van der Waals surface area (Å²) < 4.78 is 42.2. The molecule has 1 aromatic heterocycles. The summed E-state index contributed by atoms with van der Waals surface area (Å²) in [4.78, 5) is 21.9. The number of benzene rings is 1. The lowest BCUT2D eigenvalue weighted by Crippen LogP contribution is -2.27. The van der Waals surface area contributed by atoms with Crippen LogP contribution in [0, 0.1) is 10.1 Å². The van der Waals surface area contributed by atoms with Crippen LogP contribution in [-0.2, 0) is 6.54 Å². The molecule has 8 nitrogen and oxygen atoms in total. The van der Waals surface area contributed by atoms with Crippen molar-refractivity contribution >= 4 is 11.6 Å². The van der Waals surface area contributed by atoms with Gasteiger partial charge in [0.15, 0.2) is 6.61 Å². The maximum atomic E-state index is 12.1. The molecule has 1 N–H and O–H groups in total. The summed E-state index contributed by atoms with van der Waals surface area (Å²) in [5.74, 6) is -0.591. The molecule has 134 valence electrons. The second kappa shape index (κ2) is 7.64. The highest BCUT2D eigenvalue weighted by Gasteiger charge is 2.28. The summed E-state index contributed by atoms with van der Waals surface area (Å²) in [5, 5.41) is 16.8. The number of hydrogen-bond donors (Lipinski definition) is 1. The first-order valence-corrected chi connectivity index (χ1v) is 6.99. The lowest BCUT2D eigenvalue weighted by molar-refractivity contribution is -0.385. The van der Waals surface area contributed by atoms with E-state index in [9.17, 15) is 28.1 Å². The first-order chi connectivity index (χ1) is 11.7. The molecule has 0 atom stereocenters. The number of hydrogen-bond acceptors (Lipinski definition) is 5. The van der Waals surface area contributed by atoms with E-state index in [1.54, 1.807) is 0 Å². The highest BCUT2D eigenvalue weighted by Crippen LogP contribution is 2.19. The minimum atomic E-state index is -4.47. The largest absolute Gasteiger partial charge is 0.484 e. The molecule has 0 aliphatic heterocycles. The number of nitro groups is 1. The third-order valence-corrected chi connectivity index (χ3v) is 2.96. The molecule has 0 spiro atoms.